The van der Waals surface area contributed by atoms with E-state index >= 15 is 0 Å². The summed E-state index contributed by atoms with van der Waals surface area (Å²) in [5.74, 6) is 0. The van der Waals surface area contributed by atoms with Crippen molar-refractivity contribution in [3.8, 4) is 0 Å². The zero-order valence-corrected chi connectivity index (χ0v) is 21.4. The summed E-state index contributed by atoms with van der Waals surface area (Å²) in [5, 5.41) is 0. The molecule has 0 aliphatic heterocycles. The number of ether oxygens (including phenoxy) is 1. The molecule has 0 heterocycles. The van der Waals surface area contributed by atoms with Gasteiger partial charge in [-0.3, -0.25) is 0 Å². The lowest BCUT2D eigenvalue weighted by molar-refractivity contribution is 0.118. The van der Waals surface area contributed by atoms with Crippen LogP contribution in [0.3, 0.4) is 0 Å². The van der Waals surface area contributed by atoms with E-state index in [0.717, 1.165) is 51.7 Å². The smallest absolute Gasteiger partial charge is 0.0719 e. The molecule has 0 aromatic heterocycles. The van der Waals surface area contributed by atoms with Crippen molar-refractivity contribution in [1.82, 2.24) is 0 Å². The number of hydrogen-bond donors (Lipinski definition) is 0. The van der Waals surface area contributed by atoms with Gasteiger partial charge in [0.2, 0.25) is 0 Å². The highest BCUT2D eigenvalue weighted by Gasteiger charge is 2.03. The fourth-order valence-corrected chi connectivity index (χ4v) is 4.45. The number of hydrogen-bond acceptors (Lipinski definition) is 1. The molecule has 0 unspecified atom stereocenters. The van der Waals surface area contributed by atoms with Crippen LogP contribution in [0.25, 0.3) is 6.08 Å². The van der Waals surface area contributed by atoms with Crippen LogP contribution in [0.2, 0.25) is 0 Å². The average molecular weight is 467 g/mol. The van der Waals surface area contributed by atoms with Crippen molar-refractivity contribution in [2.24, 2.45) is 0 Å². The molecule has 3 aromatic carbocycles. The van der Waals surface area contributed by atoms with Crippen LogP contribution < -0.4 is 0 Å². The molecule has 1 nitrogen and oxygen atoms in total. The van der Waals surface area contributed by atoms with E-state index in [4.69, 9.17) is 4.74 Å². The van der Waals surface area contributed by atoms with E-state index in [-0.39, 0.29) is 0 Å². The molecule has 0 N–H and O–H groups in total. The molecule has 0 amide bonds. The van der Waals surface area contributed by atoms with E-state index in [1.54, 1.807) is 0 Å². The maximum Gasteiger partial charge on any atom is 0.0719 e. The Hall–Kier alpha value is -2.90. The maximum absolute atomic E-state index is 5.86. The van der Waals surface area contributed by atoms with Crippen LogP contribution in [0.15, 0.2) is 92.0 Å². The van der Waals surface area contributed by atoms with Crippen molar-refractivity contribution in [3.63, 3.8) is 0 Å². The molecule has 3 aromatic rings. The zero-order valence-electron chi connectivity index (χ0n) is 21.4. The van der Waals surface area contributed by atoms with Crippen molar-refractivity contribution < 1.29 is 4.74 Å². The molecule has 184 valence electrons. The lowest BCUT2D eigenvalue weighted by Gasteiger charge is -2.10. The molecule has 0 radical (unpaired) electrons. The van der Waals surface area contributed by atoms with E-state index in [1.807, 2.05) is 12.2 Å². The van der Waals surface area contributed by atoms with Gasteiger partial charge in [0.05, 0.1) is 6.61 Å². The minimum Gasteiger partial charge on any atom is -0.377 e. The minimum atomic E-state index is 0.719. The van der Waals surface area contributed by atoms with Crippen molar-refractivity contribution in [2.45, 2.75) is 70.8 Å². The molecule has 0 fully saturated rings. The van der Waals surface area contributed by atoms with Gasteiger partial charge in [0.25, 0.3) is 0 Å². The Kier molecular flexibility index (Phi) is 12.1. The van der Waals surface area contributed by atoms with Gasteiger partial charge in [-0.2, -0.15) is 0 Å². The summed E-state index contributed by atoms with van der Waals surface area (Å²) >= 11 is 0. The van der Waals surface area contributed by atoms with Gasteiger partial charge < -0.3 is 4.74 Å². The van der Waals surface area contributed by atoms with Gasteiger partial charge in [0.1, 0.15) is 0 Å². The van der Waals surface area contributed by atoms with E-state index in [2.05, 4.69) is 86.0 Å². The van der Waals surface area contributed by atoms with Crippen LogP contribution >= 0.6 is 0 Å². The third kappa shape index (κ3) is 10.1. The number of allylic oxidation sites excluding steroid dienone is 1. The lowest BCUT2D eigenvalue weighted by Crippen LogP contribution is -2.00. The Labute approximate surface area is 213 Å². The normalized spacial score (nSPS) is 10.9. The van der Waals surface area contributed by atoms with Crippen LogP contribution in [0.4, 0.5) is 0 Å². The van der Waals surface area contributed by atoms with E-state index in [1.165, 1.54) is 59.1 Å². The molecule has 0 spiro atoms. The molecule has 0 saturated carbocycles. The van der Waals surface area contributed by atoms with Crippen molar-refractivity contribution in [3.05, 3.63) is 125 Å². The van der Waals surface area contributed by atoms with Gasteiger partial charge in [-0.1, -0.05) is 91.5 Å². The van der Waals surface area contributed by atoms with Gasteiger partial charge in [-0.25, -0.2) is 0 Å². The summed E-state index contributed by atoms with van der Waals surface area (Å²) in [5.41, 5.74) is 8.29. The fraction of sp³-hybridized carbons (Fsp3) is 0.353. The molecule has 3 rings (SSSR count). The minimum absolute atomic E-state index is 0.719. The monoisotopic (exact) mass is 466 g/mol. The van der Waals surface area contributed by atoms with Crippen LogP contribution in [-0.2, 0) is 37.0 Å². The Balaban J connectivity index is 1.32. The highest BCUT2D eigenvalue weighted by molar-refractivity contribution is 5.47. The topological polar surface area (TPSA) is 9.23 Å². The second kappa shape index (κ2) is 15.9. The molecular weight excluding hydrogens is 424 g/mol. The highest BCUT2D eigenvalue weighted by atomic mass is 16.5. The largest absolute Gasteiger partial charge is 0.377 e. The third-order valence-corrected chi connectivity index (χ3v) is 6.65. The molecule has 0 atom stereocenters. The third-order valence-electron chi connectivity index (χ3n) is 6.65. The number of aryl methyl sites for hydroxylation is 4. The first-order valence-electron chi connectivity index (χ1n) is 13.3. The predicted octanol–water partition coefficient (Wildman–Crippen LogP) is 8.94. The first-order valence-corrected chi connectivity index (χ1v) is 13.3. The molecule has 0 aliphatic rings. The summed E-state index contributed by atoms with van der Waals surface area (Å²) in [4.78, 5) is 0. The standard InChI is InChI=1S/C34H42O/c1-3-5-12-27-35-28-34-18-11-10-17-33(34)16-9-8-15-32-25-23-31(24-26-32)14-7-6-13-30-21-19-29(4-2)20-22-30/h3-4,10-11,17-26H,1-2,5-9,12-16,27-28H2. The number of unbranched alkanes of at least 4 members (excludes halogenated alkanes) is 3. The molecular formula is C34H42O. The molecule has 35 heavy (non-hydrogen) atoms. The summed E-state index contributed by atoms with van der Waals surface area (Å²) in [7, 11) is 0. The Morgan fingerprint density at radius 3 is 1.63 bits per heavy atom. The molecule has 0 bridgehead atoms. The average Bonchev–Trinajstić information content (AvgIpc) is 2.91. The molecule has 0 aliphatic carbocycles. The second-order valence-corrected chi connectivity index (χ2v) is 9.43. The van der Waals surface area contributed by atoms with Crippen LogP contribution in [0, 0.1) is 0 Å². The van der Waals surface area contributed by atoms with Crippen LogP contribution in [-0.4, -0.2) is 6.61 Å². The Morgan fingerprint density at radius 1 is 0.571 bits per heavy atom. The predicted molar refractivity (Wildman–Crippen MR) is 152 cm³/mol. The highest BCUT2D eigenvalue weighted by Crippen LogP contribution is 2.16. The first kappa shape index (κ1) is 26.7. The van der Waals surface area contributed by atoms with Crippen LogP contribution in [0.1, 0.15) is 71.9 Å². The Bertz CT molecular complexity index is 998. The first-order chi connectivity index (χ1) is 17.3. The van der Waals surface area contributed by atoms with Gasteiger partial charge in [-0.15, -0.1) is 6.58 Å². The summed E-state index contributed by atoms with van der Waals surface area (Å²) < 4.78 is 5.86. The SMILES string of the molecule is C=CCCCOCc1ccccc1CCCCc1ccc(CCCCc2ccc(C=C)cc2)cc1. The summed E-state index contributed by atoms with van der Waals surface area (Å²) in [6, 6.07) is 26.8. The van der Waals surface area contributed by atoms with E-state index in [9.17, 15) is 0 Å². The van der Waals surface area contributed by atoms with Crippen molar-refractivity contribution in [2.75, 3.05) is 6.61 Å². The fourth-order valence-electron chi connectivity index (χ4n) is 4.45. The van der Waals surface area contributed by atoms with Gasteiger partial charge in [0, 0.05) is 6.61 Å². The summed E-state index contributed by atoms with van der Waals surface area (Å²) in [6.45, 7) is 9.12. The van der Waals surface area contributed by atoms with Gasteiger partial charge in [-0.05, 0) is 97.6 Å². The maximum atomic E-state index is 5.86. The van der Waals surface area contributed by atoms with Crippen LogP contribution in [0.5, 0.6) is 0 Å². The van der Waals surface area contributed by atoms with E-state index < -0.39 is 0 Å². The van der Waals surface area contributed by atoms with Crippen molar-refractivity contribution in [1.29, 1.82) is 0 Å². The molecule has 0 saturated heterocycles. The number of rotatable bonds is 17. The Morgan fingerprint density at radius 2 is 1.09 bits per heavy atom. The quantitative estimate of drug-likeness (QED) is 0.142. The number of benzene rings is 3. The van der Waals surface area contributed by atoms with E-state index in [0.29, 0.717) is 0 Å². The summed E-state index contributed by atoms with van der Waals surface area (Å²) in [6.07, 6.45) is 15.4. The van der Waals surface area contributed by atoms with Gasteiger partial charge >= 0.3 is 0 Å². The van der Waals surface area contributed by atoms with Crippen molar-refractivity contribution >= 4 is 6.08 Å². The lowest BCUT2D eigenvalue weighted by atomic mass is 9.99. The second-order valence-electron chi connectivity index (χ2n) is 9.43. The van der Waals surface area contributed by atoms with Gasteiger partial charge in [0.15, 0.2) is 0 Å². The molecule has 1 heteroatoms. The zero-order chi connectivity index (χ0) is 24.6.